The highest BCUT2D eigenvalue weighted by molar-refractivity contribution is 7.89. The predicted octanol–water partition coefficient (Wildman–Crippen LogP) is 3.06. The number of ketones is 1. The summed E-state index contributed by atoms with van der Waals surface area (Å²) in [6, 6.07) is 5.12. The molecule has 0 spiro atoms. The number of hydrogen-bond donors (Lipinski definition) is 1. The largest absolute Gasteiger partial charge is 0.512 e. The fourth-order valence-corrected chi connectivity index (χ4v) is 5.54. The monoisotopic (exact) mass is 355 g/mol. The topological polar surface area (TPSA) is 74.7 Å². The van der Waals surface area contributed by atoms with Crippen LogP contribution in [0.1, 0.15) is 32.6 Å². The molecule has 1 aromatic rings. The van der Waals surface area contributed by atoms with Gasteiger partial charge in [0, 0.05) is 17.5 Å². The molecule has 2 aliphatic rings. The van der Waals surface area contributed by atoms with E-state index in [1.807, 2.05) is 0 Å². The van der Waals surface area contributed by atoms with E-state index in [4.69, 9.17) is 11.6 Å². The Morgan fingerprint density at radius 1 is 1.26 bits per heavy atom. The van der Waals surface area contributed by atoms with E-state index in [2.05, 4.69) is 0 Å². The Labute approximate surface area is 140 Å². The second-order valence-corrected chi connectivity index (χ2v) is 8.29. The number of benzene rings is 1. The Kier molecular flexibility index (Phi) is 4.25. The van der Waals surface area contributed by atoms with E-state index in [0.717, 1.165) is 6.42 Å². The van der Waals surface area contributed by atoms with E-state index in [0.29, 0.717) is 17.9 Å². The minimum absolute atomic E-state index is 0.0368. The molecule has 124 valence electrons. The summed E-state index contributed by atoms with van der Waals surface area (Å²) in [6.45, 7) is 1.37. The summed E-state index contributed by atoms with van der Waals surface area (Å²) < 4.78 is 27.5. The Bertz CT molecular complexity index is 770. The van der Waals surface area contributed by atoms with Gasteiger partial charge >= 0.3 is 0 Å². The molecule has 2 bridgehead atoms. The lowest BCUT2D eigenvalue weighted by Gasteiger charge is -2.45. The minimum atomic E-state index is -3.75. The summed E-state index contributed by atoms with van der Waals surface area (Å²) >= 11 is 5.83. The lowest BCUT2D eigenvalue weighted by Crippen LogP contribution is -2.54. The van der Waals surface area contributed by atoms with E-state index in [1.165, 1.54) is 35.5 Å². The summed E-state index contributed by atoms with van der Waals surface area (Å²) in [5.41, 5.74) is 0.235. The quantitative estimate of drug-likeness (QED) is 0.904. The molecule has 0 radical (unpaired) electrons. The fourth-order valence-electron chi connectivity index (χ4n) is 3.57. The van der Waals surface area contributed by atoms with Crippen LogP contribution in [0.5, 0.6) is 0 Å². The number of aliphatic hydroxyl groups excluding tert-OH is 1. The van der Waals surface area contributed by atoms with Crippen molar-refractivity contribution in [2.24, 2.45) is 0 Å². The normalized spacial score (nSPS) is 25.5. The number of halogens is 1. The SMILES string of the molecule is CC(=O)C1=C(O)CC2CCCC1N2S(=O)(=O)c1ccc(Cl)cc1. The van der Waals surface area contributed by atoms with Gasteiger partial charge in [-0.05, 0) is 50.5 Å². The van der Waals surface area contributed by atoms with E-state index in [1.54, 1.807) is 0 Å². The van der Waals surface area contributed by atoms with Gasteiger partial charge in [0.25, 0.3) is 0 Å². The van der Waals surface area contributed by atoms with Gasteiger partial charge in [-0.1, -0.05) is 11.6 Å². The van der Waals surface area contributed by atoms with Gasteiger partial charge in [0.2, 0.25) is 10.0 Å². The van der Waals surface area contributed by atoms with Gasteiger partial charge in [0.05, 0.1) is 16.5 Å². The summed E-state index contributed by atoms with van der Waals surface area (Å²) in [6.07, 6.45) is 2.26. The van der Waals surface area contributed by atoms with Crippen LogP contribution in [0, 0.1) is 0 Å². The maximum atomic E-state index is 13.1. The van der Waals surface area contributed by atoms with Crippen LogP contribution < -0.4 is 0 Å². The average molecular weight is 356 g/mol. The van der Waals surface area contributed by atoms with Gasteiger partial charge in [0.1, 0.15) is 5.76 Å². The molecule has 3 rings (SSSR count). The van der Waals surface area contributed by atoms with Gasteiger partial charge in [-0.25, -0.2) is 8.42 Å². The molecule has 5 nitrogen and oxygen atoms in total. The number of sulfonamides is 1. The van der Waals surface area contributed by atoms with Crippen molar-refractivity contribution in [3.8, 4) is 0 Å². The number of fused-ring (bicyclic) bond motifs is 2. The first-order chi connectivity index (χ1) is 10.8. The van der Waals surface area contributed by atoms with Crippen molar-refractivity contribution in [1.82, 2.24) is 4.31 Å². The van der Waals surface area contributed by atoms with Gasteiger partial charge in [-0.15, -0.1) is 0 Å². The molecule has 1 N–H and O–H groups in total. The minimum Gasteiger partial charge on any atom is -0.512 e. The zero-order valence-corrected chi connectivity index (χ0v) is 14.3. The lowest BCUT2D eigenvalue weighted by molar-refractivity contribution is -0.114. The van der Waals surface area contributed by atoms with Crippen molar-refractivity contribution in [3.05, 3.63) is 40.6 Å². The number of hydrogen-bond acceptors (Lipinski definition) is 4. The van der Waals surface area contributed by atoms with E-state index in [9.17, 15) is 18.3 Å². The molecule has 0 aromatic heterocycles. The van der Waals surface area contributed by atoms with Gasteiger partial charge < -0.3 is 5.11 Å². The summed E-state index contributed by atoms with van der Waals surface area (Å²) in [5, 5.41) is 10.6. The molecular formula is C16H18ClNO4S. The first-order valence-electron chi connectivity index (χ1n) is 7.54. The Morgan fingerprint density at radius 2 is 1.91 bits per heavy atom. The third kappa shape index (κ3) is 2.79. The highest BCUT2D eigenvalue weighted by Gasteiger charge is 2.46. The Balaban J connectivity index is 2.08. The number of Topliss-reactive ketones (excluding diaryl/α,β-unsaturated/α-hetero) is 1. The van der Waals surface area contributed by atoms with E-state index >= 15 is 0 Å². The summed E-state index contributed by atoms with van der Waals surface area (Å²) in [7, 11) is -3.75. The molecule has 2 aliphatic heterocycles. The lowest BCUT2D eigenvalue weighted by atomic mass is 9.84. The zero-order chi connectivity index (χ0) is 16.8. The number of carbonyl (C=O) groups is 1. The molecule has 7 heteroatoms. The number of rotatable bonds is 3. The van der Waals surface area contributed by atoms with Crippen LogP contribution in [0.2, 0.25) is 5.02 Å². The van der Waals surface area contributed by atoms with Crippen LogP contribution >= 0.6 is 11.6 Å². The molecule has 0 aliphatic carbocycles. The zero-order valence-electron chi connectivity index (χ0n) is 12.7. The van der Waals surface area contributed by atoms with Crippen molar-refractivity contribution in [1.29, 1.82) is 0 Å². The maximum Gasteiger partial charge on any atom is 0.243 e. The predicted molar refractivity (Wildman–Crippen MR) is 86.9 cm³/mol. The second-order valence-electron chi connectivity index (χ2n) is 6.01. The van der Waals surface area contributed by atoms with Gasteiger partial charge in [-0.3, -0.25) is 4.79 Å². The van der Waals surface area contributed by atoms with Crippen LogP contribution in [0.3, 0.4) is 0 Å². The number of piperidine rings is 1. The third-order valence-corrected chi connectivity index (χ3v) is 6.75. The highest BCUT2D eigenvalue weighted by Crippen LogP contribution is 2.40. The van der Waals surface area contributed by atoms with Crippen molar-refractivity contribution < 1.29 is 18.3 Å². The maximum absolute atomic E-state index is 13.1. The molecule has 2 atom stereocenters. The van der Waals surface area contributed by atoms with E-state index < -0.39 is 16.1 Å². The second kappa shape index (κ2) is 5.92. The van der Waals surface area contributed by atoms with Crippen molar-refractivity contribution in [2.75, 3.05) is 0 Å². The molecule has 1 saturated heterocycles. The number of carbonyl (C=O) groups excluding carboxylic acids is 1. The Morgan fingerprint density at radius 3 is 2.52 bits per heavy atom. The summed E-state index contributed by atoms with van der Waals surface area (Å²) in [4.78, 5) is 12.1. The van der Waals surface area contributed by atoms with Crippen LogP contribution in [-0.2, 0) is 14.8 Å². The van der Waals surface area contributed by atoms with Crippen LogP contribution in [-0.4, -0.2) is 35.7 Å². The molecule has 23 heavy (non-hydrogen) atoms. The molecular weight excluding hydrogens is 338 g/mol. The molecule has 2 heterocycles. The Hall–Kier alpha value is -1.37. The van der Waals surface area contributed by atoms with Crippen LogP contribution in [0.4, 0.5) is 0 Å². The summed E-state index contributed by atoms with van der Waals surface area (Å²) in [5.74, 6) is -0.237. The number of nitrogens with zero attached hydrogens (tertiary/aromatic N) is 1. The van der Waals surface area contributed by atoms with Crippen molar-refractivity contribution in [2.45, 2.75) is 49.6 Å². The molecule has 1 fully saturated rings. The van der Waals surface area contributed by atoms with Crippen molar-refractivity contribution in [3.63, 3.8) is 0 Å². The first kappa shape index (κ1) is 16.5. The fraction of sp³-hybridized carbons (Fsp3) is 0.438. The standard InChI is InChI=1S/C16H18ClNO4S/c1-10(19)16-14-4-2-3-12(9-15(16)20)18(14)23(21,22)13-7-5-11(17)6-8-13/h5-8,12,14,20H,2-4,9H2,1H3. The van der Waals surface area contributed by atoms with E-state index in [-0.39, 0.29) is 34.5 Å². The number of aliphatic hydroxyl groups is 1. The smallest absolute Gasteiger partial charge is 0.243 e. The first-order valence-corrected chi connectivity index (χ1v) is 9.36. The van der Waals surface area contributed by atoms with Crippen LogP contribution in [0.15, 0.2) is 40.5 Å². The van der Waals surface area contributed by atoms with Crippen LogP contribution in [0.25, 0.3) is 0 Å². The average Bonchev–Trinajstić information content (AvgIpc) is 2.46. The van der Waals surface area contributed by atoms with Gasteiger partial charge in [-0.2, -0.15) is 4.31 Å². The molecule has 0 saturated carbocycles. The van der Waals surface area contributed by atoms with Gasteiger partial charge in [0.15, 0.2) is 5.78 Å². The highest BCUT2D eigenvalue weighted by atomic mass is 35.5. The van der Waals surface area contributed by atoms with Crippen molar-refractivity contribution >= 4 is 27.4 Å². The molecule has 2 unspecified atom stereocenters. The third-order valence-electron chi connectivity index (χ3n) is 4.52. The molecule has 0 amide bonds. The molecule has 1 aromatic carbocycles.